The molecule has 2 aromatic heterocycles. The summed E-state index contributed by atoms with van der Waals surface area (Å²) in [6, 6.07) is 3.89. The zero-order chi connectivity index (χ0) is 11.4. The van der Waals surface area contributed by atoms with Gasteiger partial charge in [0.1, 0.15) is 5.65 Å². The second kappa shape index (κ2) is 4.79. The van der Waals surface area contributed by atoms with Crippen molar-refractivity contribution in [2.45, 2.75) is 19.8 Å². The summed E-state index contributed by atoms with van der Waals surface area (Å²) >= 11 is 0. The monoisotopic (exact) mass is 218 g/mol. The third-order valence-electron chi connectivity index (χ3n) is 2.44. The molecule has 2 aromatic rings. The van der Waals surface area contributed by atoms with E-state index in [0.29, 0.717) is 19.4 Å². The van der Waals surface area contributed by atoms with Crippen molar-refractivity contribution in [3.05, 3.63) is 30.1 Å². The summed E-state index contributed by atoms with van der Waals surface area (Å²) in [5, 5.41) is 1.08. The largest absolute Gasteiger partial charge is 0.466 e. The Balaban J connectivity index is 2.07. The molecule has 0 bridgehead atoms. The summed E-state index contributed by atoms with van der Waals surface area (Å²) in [6.45, 7) is 2.25. The van der Waals surface area contributed by atoms with Gasteiger partial charge in [0.2, 0.25) is 0 Å². The van der Waals surface area contributed by atoms with Crippen LogP contribution in [0.2, 0.25) is 0 Å². The van der Waals surface area contributed by atoms with Gasteiger partial charge in [-0.2, -0.15) is 0 Å². The van der Waals surface area contributed by atoms with Gasteiger partial charge in [0.05, 0.1) is 6.61 Å². The van der Waals surface area contributed by atoms with Crippen LogP contribution in [0.3, 0.4) is 0 Å². The first-order chi connectivity index (χ1) is 7.81. The number of nitrogens with zero attached hydrogens (tertiary/aromatic N) is 1. The minimum atomic E-state index is -0.152. The van der Waals surface area contributed by atoms with Gasteiger partial charge < -0.3 is 9.72 Å². The molecular formula is C12H14N2O2. The first-order valence-corrected chi connectivity index (χ1v) is 5.38. The molecule has 0 aliphatic rings. The molecule has 0 aliphatic heterocycles. The molecule has 0 aliphatic carbocycles. The van der Waals surface area contributed by atoms with Gasteiger partial charge in [0, 0.05) is 24.2 Å². The molecule has 0 atom stereocenters. The van der Waals surface area contributed by atoms with Crippen LogP contribution in [0.15, 0.2) is 24.5 Å². The van der Waals surface area contributed by atoms with Crippen molar-refractivity contribution >= 4 is 17.0 Å². The van der Waals surface area contributed by atoms with E-state index in [-0.39, 0.29) is 5.97 Å². The number of carbonyl (C=O) groups excluding carboxylic acids is 1. The quantitative estimate of drug-likeness (QED) is 0.799. The Morgan fingerprint density at radius 1 is 1.56 bits per heavy atom. The maximum Gasteiger partial charge on any atom is 0.306 e. The third kappa shape index (κ3) is 2.21. The van der Waals surface area contributed by atoms with E-state index < -0.39 is 0 Å². The highest BCUT2D eigenvalue weighted by Crippen LogP contribution is 2.17. The number of esters is 1. The maximum absolute atomic E-state index is 11.2. The first kappa shape index (κ1) is 10.7. The van der Waals surface area contributed by atoms with Gasteiger partial charge in [0.15, 0.2) is 0 Å². The molecule has 0 saturated heterocycles. The van der Waals surface area contributed by atoms with Crippen molar-refractivity contribution in [1.29, 1.82) is 0 Å². The molecule has 4 nitrogen and oxygen atoms in total. The fourth-order valence-corrected chi connectivity index (χ4v) is 1.69. The topological polar surface area (TPSA) is 55.0 Å². The van der Waals surface area contributed by atoms with E-state index in [1.165, 1.54) is 0 Å². The first-order valence-electron chi connectivity index (χ1n) is 5.38. The molecule has 0 spiro atoms. The SMILES string of the molecule is CCOC(=O)CCc1c[nH]c2ncccc12. The number of ether oxygens (including phenoxy) is 1. The summed E-state index contributed by atoms with van der Waals surface area (Å²) < 4.78 is 4.89. The second-order valence-electron chi connectivity index (χ2n) is 3.52. The van der Waals surface area contributed by atoms with Crippen molar-refractivity contribution in [2.24, 2.45) is 0 Å². The molecule has 2 rings (SSSR count). The molecule has 0 unspecified atom stereocenters. The molecule has 0 saturated carbocycles. The number of aromatic nitrogens is 2. The number of nitrogens with one attached hydrogen (secondary N) is 1. The van der Waals surface area contributed by atoms with Gasteiger partial charge in [-0.25, -0.2) is 4.98 Å². The number of H-pyrrole nitrogens is 1. The van der Waals surface area contributed by atoms with Gasteiger partial charge in [-0.3, -0.25) is 4.79 Å². The number of aromatic amines is 1. The van der Waals surface area contributed by atoms with Gasteiger partial charge in [-0.15, -0.1) is 0 Å². The van der Waals surface area contributed by atoms with E-state index in [2.05, 4.69) is 9.97 Å². The molecule has 0 aromatic carbocycles. The number of pyridine rings is 1. The van der Waals surface area contributed by atoms with E-state index in [4.69, 9.17) is 4.74 Å². The van der Waals surface area contributed by atoms with Crippen LogP contribution >= 0.6 is 0 Å². The molecule has 84 valence electrons. The van der Waals surface area contributed by atoms with Gasteiger partial charge in [-0.05, 0) is 31.0 Å². The van der Waals surface area contributed by atoms with Crippen molar-refractivity contribution in [3.8, 4) is 0 Å². The average molecular weight is 218 g/mol. The number of rotatable bonds is 4. The normalized spacial score (nSPS) is 10.6. The Kier molecular flexibility index (Phi) is 3.19. The molecule has 0 fully saturated rings. The standard InChI is InChI=1S/C12H14N2O2/c1-2-16-11(15)6-5-9-8-14-12-10(9)4-3-7-13-12/h3-4,7-8H,2,5-6H2,1H3,(H,13,14). The average Bonchev–Trinajstić information content (AvgIpc) is 2.70. The lowest BCUT2D eigenvalue weighted by molar-refractivity contribution is -0.143. The minimum absolute atomic E-state index is 0.152. The highest BCUT2D eigenvalue weighted by molar-refractivity contribution is 5.80. The molecule has 1 N–H and O–H groups in total. The van der Waals surface area contributed by atoms with Gasteiger partial charge in [0.25, 0.3) is 0 Å². The zero-order valence-electron chi connectivity index (χ0n) is 9.19. The van der Waals surface area contributed by atoms with Gasteiger partial charge >= 0.3 is 5.97 Å². The molecule has 4 heteroatoms. The second-order valence-corrected chi connectivity index (χ2v) is 3.52. The molecular weight excluding hydrogens is 204 g/mol. The zero-order valence-corrected chi connectivity index (χ0v) is 9.19. The Morgan fingerprint density at radius 2 is 2.44 bits per heavy atom. The van der Waals surface area contributed by atoms with E-state index in [0.717, 1.165) is 16.6 Å². The Bertz CT molecular complexity index is 490. The predicted octanol–water partition coefficient (Wildman–Crippen LogP) is 2.06. The smallest absolute Gasteiger partial charge is 0.306 e. The third-order valence-corrected chi connectivity index (χ3v) is 2.44. The maximum atomic E-state index is 11.2. The number of hydrogen-bond donors (Lipinski definition) is 1. The summed E-state index contributed by atoms with van der Waals surface area (Å²) in [5.41, 5.74) is 1.97. The lowest BCUT2D eigenvalue weighted by Gasteiger charge is -2.00. The summed E-state index contributed by atoms with van der Waals surface area (Å²) in [6.07, 6.45) is 4.74. The highest BCUT2D eigenvalue weighted by atomic mass is 16.5. The molecule has 2 heterocycles. The van der Waals surface area contributed by atoms with Crippen LogP contribution in [0.4, 0.5) is 0 Å². The number of aryl methyl sites for hydroxylation is 1. The number of carbonyl (C=O) groups is 1. The van der Waals surface area contributed by atoms with Crippen molar-refractivity contribution < 1.29 is 9.53 Å². The summed E-state index contributed by atoms with van der Waals surface area (Å²) in [7, 11) is 0. The van der Waals surface area contributed by atoms with Crippen molar-refractivity contribution in [2.75, 3.05) is 6.61 Å². The van der Waals surface area contributed by atoms with Crippen LogP contribution in [-0.2, 0) is 16.0 Å². The van der Waals surface area contributed by atoms with Crippen LogP contribution in [0.25, 0.3) is 11.0 Å². The van der Waals surface area contributed by atoms with Crippen LogP contribution in [0, 0.1) is 0 Å². The van der Waals surface area contributed by atoms with Crippen LogP contribution in [0.5, 0.6) is 0 Å². The van der Waals surface area contributed by atoms with E-state index >= 15 is 0 Å². The molecule has 0 amide bonds. The highest BCUT2D eigenvalue weighted by Gasteiger charge is 2.07. The Morgan fingerprint density at radius 3 is 3.25 bits per heavy atom. The Hall–Kier alpha value is -1.84. The van der Waals surface area contributed by atoms with Crippen molar-refractivity contribution in [1.82, 2.24) is 9.97 Å². The number of hydrogen-bond acceptors (Lipinski definition) is 3. The lowest BCUT2D eigenvalue weighted by Crippen LogP contribution is -2.04. The fourth-order valence-electron chi connectivity index (χ4n) is 1.69. The lowest BCUT2D eigenvalue weighted by atomic mass is 10.1. The van der Waals surface area contributed by atoms with Crippen molar-refractivity contribution in [3.63, 3.8) is 0 Å². The Labute approximate surface area is 93.6 Å². The van der Waals surface area contributed by atoms with Crippen LogP contribution in [-0.4, -0.2) is 22.5 Å². The predicted molar refractivity (Wildman–Crippen MR) is 61.0 cm³/mol. The van der Waals surface area contributed by atoms with E-state index in [1.807, 2.05) is 25.3 Å². The minimum Gasteiger partial charge on any atom is -0.466 e. The summed E-state index contributed by atoms with van der Waals surface area (Å²) in [4.78, 5) is 18.5. The van der Waals surface area contributed by atoms with Crippen LogP contribution < -0.4 is 0 Å². The molecule has 0 radical (unpaired) electrons. The van der Waals surface area contributed by atoms with Gasteiger partial charge in [-0.1, -0.05) is 0 Å². The van der Waals surface area contributed by atoms with Crippen LogP contribution in [0.1, 0.15) is 18.9 Å². The fraction of sp³-hybridized carbons (Fsp3) is 0.333. The number of fused-ring (bicyclic) bond motifs is 1. The molecule has 16 heavy (non-hydrogen) atoms. The summed E-state index contributed by atoms with van der Waals surface area (Å²) in [5.74, 6) is -0.152. The van der Waals surface area contributed by atoms with E-state index in [9.17, 15) is 4.79 Å². The van der Waals surface area contributed by atoms with E-state index in [1.54, 1.807) is 6.20 Å².